The second kappa shape index (κ2) is 9.53. The zero-order valence-corrected chi connectivity index (χ0v) is 21.6. The highest BCUT2D eigenvalue weighted by Crippen LogP contribution is 2.50. The largest absolute Gasteiger partial charge is 0.417 e. The number of nitrogens with one attached hydrogen (secondary N) is 1. The van der Waals surface area contributed by atoms with Gasteiger partial charge in [0, 0.05) is 66.7 Å². The normalized spacial score (nSPS) is 25.9. The highest BCUT2D eigenvalue weighted by Gasteiger charge is 2.41. The Labute approximate surface area is 215 Å². The molecule has 1 saturated heterocycles. The van der Waals surface area contributed by atoms with Gasteiger partial charge in [0.15, 0.2) is 0 Å². The average Bonchev–Trinajstić information content (AvgIpc) is 2.80. The van der Waals surface area contributed by atoms with Crippen LogP contribution in [0.5, 0.6) is 0 Å². The Kier molecular flexibility index (Phi) is 6.81. The number of nitrogens with zero attached hydrogens (tertiary/aromatic N) is 3. The Morgan fingerprint density at radius 3 is 2.54 bits per heavy atom. The predicted molar refractivity (Wildman–Crippen MR) is 134 cm³/mol. The third kappa shape index (κ3) is 4.87. The molecule has 1 N–H and O–H groups in total. The van der Waals surface area contributed by atoms with Crippen LogP contribution in [0.2, 0.25) is 0 Å². The number of methoxy groups -OCH3 is 1. The lowest BCUT2D eigenvalue weighted by Gasteiger charge is -2.38. The van der Waals surface area contributed by atoms with E-state index >= 15 is 0 Å². The van der Waals surface area contributed by atoms with Crippen LogP contribution >= 0.6 is 11.8 Å². The predicted octanol–water partition coefficient (Wildman–Crippen LogP) is 5.10. The summed E-state index contributed by atoms with van der Waals surface area (Å²) in [4.78, 5) is 19.9. The van der Waals surface area contributed by atoms with Crippen molar-refractivity contribution in [1.82, 2.24) is 14.9 Å². The van der Waals surface area contributed by atoms with Crippen LogP contribution in [0.25, 0.3) is 16.5 Å². The fourth-order valence-electron chi connectivity index (χ4n) is 5.71. The standard InChI is InChI=1S/C25H29F5N4O2S/c1-13-9-33(10-14(2)31-13)22-17-8-18(25(28,29)30)19(15-4-6-24(26,27)7-5-15)21-20(17)34(23(35)32-22)16(11-36-3)12-37-21/h4,8,13-14,16,31H,5-7,9-12H2,1-3H3/t13-,14+,16?. The first-order chi connectivity index (χ1) is 17.4. The van der Waals surface area contributed by atoms with E-state index in [1.165, 1.54) is 29.5 Å². The molecule has 0 saturated carbocycles. The third-order valence-electron chi connectivity index (χ3n) is 7.18. The van der Waals surface area contributed by atoms with Crippen molar-refractivity contribution in [3.8, 4) is 0 Å². The van der Waals surface area contributed by atoms with E-state index in [1.54, 1.807) is 0 Å². The topological polar surface area (TPSA) is 59.4 Å². The van der Waals surface area contributed by atoms with E-state index in [4.69, 9.17) is 4.74 Å². The molecule has 1 aliphatic carbocycles. The van der Waals surface area contributed by atoms with Crippen LogP contribution in [-0.2, 0) is 10.9 Å². The van der Waals surface area contributed by atoms with Crippen molar-refractivity contribution < 1.29 is 26.7 Å². The lowest BCUT2D eigenvalue weighted by Crippen LogP contribution is -2.55. The maximum Gasteiger partial charge on any atom is 0.417 e. The minimum Gasteiger partial charge on any atom is -0.383 e. The molecule has 1 aromatic carbocycles. The minimum absolute atomic E-state index is 0.0430. The van der Waals surface area contributed by atoms with Gasteiger partial charge in [-0.15, -0.1) is 11.8 Å². The van der Waals surface area contributed by atoms with Gasteiger partial charge >= 0.3 is 11.9 Å². The van der Waals surface area contributed by atoms with Gasteiger partial charge in [0.05, 0.1) is 23.7 Å². The van der Waals surface area contributed by atoms with Crippen molar-refractivity contribution in [2.75, 3.05) is 37.5 Å². The molecular weight excluding hydrogens is 515 g/mol. The Balaban J connectivity index is 1.84. The summed E-state index contributed by atoms with van der Waals surface area (Å²) in [7, 11) is 1.50. The van der Waals surface area contributed by atoms with Gasteiger partial charge in [-0.25, -0.2) is 13.6 Å². The summed E-state index contributed by atoms with van der Waals surface area (Å²) in [6, 6.07) is 0.727. The van der Waals surface area contributed by atoms with Crippen LogP contribution < -0.4 is 15.9 Å². The van der Waals surface area contributed by atoms with Crippen molar-refractivity contribution in [1.29, 1.82) is 0 Å². The number of allylic oxidation sites excluding steroid dienone is 2. The summed E-state index contributed by atoms with van der Waals surface area (Å²) in [5.74, 6) is -2.42. The van der Waals surface area contributed by atoms with Crippen LogP contribution in [0, 0.1) is 0 Å². The third-order valence-corrected chi connectivity index (χ3v) is 8.42. The number of aromatic nitrogens is 2. The quantitative estimate of drug-likeness (QED) is 0.541. The molecule has 37 heavy (non-hydrogen) atoms. The van der Waals surface area contributed by atoms with E-state index < -0.39 is 42.2 Å². The highest BCUT2D eigenvalue weighted by molar-refractivity contribution is 7.99. The minimum atomic E-state index is -4.73. The van der Waals surface area contributed by atoms with Gasteiger partial charge in [-0.3, -0.25) is 4.57 Å². The highest BCUT2D eigenvalue weighted by atomic mass is 32.2. The Morgan fingerprint density at radius 1 is 1.24 bits per heavy atom. The lowest BCUT2D eigenvalue weighted by molar-refractivity contribution is -0.137. The van der Waals surface area contributed by atoms with Gasteiger partial charge in [-0.1, -0.05) is 6.08 Å². The van der Waals surface area contributed by atoms with E-state index in [1.807, 2.05) is 18.7 Å². The van der Waals surface area contributed by atoms with Gasteiger partial charge in [0.25, 0.3) is 5.92 Å². The zero-order chi connectivity index (χ0) is 26.7. The first-order valence-corrected chi connectivity index (χ1v) is 13.3. The molecule has 2 aromatic rings. The number of ether oxygens (including phenoxy) is 1. The van der Waals surface area contributed by atoms with E-state index in [9.17, 15) is 26.7 Å². The maximum atomic E-state index is 14.6. The number of thioether (sulfide) groups is 1. The first-order valence-electron chi connectivity index (χ1n) is 12.3. The smallest absolute Gasteiger partial charge is 0.383 e. The number of halogens is 5. The molecule has 0 amide bonds. The molecule has 2 aliphatic heterocycles. The molecule has 0 radical (unpaired) electrons. The Bertz CT molecular complexity index is 1300. The molecule has 1 aromatic heterocycles. The van der Waals surface area contributed by atoms with Crippen molar-refractivity contribution in [3.05, 3.63) is 33.8 Å². The van der Waals surface area contributed by atoms with E-state index in [-0.39, 0.29) is 47.5 Å². The average molecular weight is 545 g/mol. The number of rotatable bonds is 4. The van der Waals surface area contributed by atoms with Gasteiger partial charge in [0.2, 0.25) is 0 Å². The first kappa shape index (κ1) is 26.4. The summed E-state index contributed by atoms with van der Waals surface area (Å²) in [5.41, 5.74) is -0.917. The molecule has 1 fully saturated rings. The van der Waals surface area contributed by atoms with Crippen molar-refractivity contribution in [3.63, 3.8) is 0 Å². The fourth-order valence-corrected chi connectivity index (χ4v) is 7.05. The molecule has 3 heterocycles. The second-order valence-corrected chi connectivity index (χ2v) is 11.2. The lowest BCUT2D eigenvalue weighted by atomic mass is 9.87. The van der Waals surface area contributed by atoms with Crippen LogP contribution in [0.15, 0.2) is 21.8 Å². The molecule has 12 heteroatoms. The summed E-state index contributed by atoms with van der Waals surface area (Å²) in [6.07, 6.45) is -4.81. The van der Waals surface area contributed by atoms with Crippen LogP contribution in [0.4, 0.5) is 27.8 Å². The Hall–Kier alpha value is -2.18. The number of piperazine rings is 1. The van der Waals surface area contributed by atoms with Crippen molar-refractivity contribution >= 4 is 34.1 Å². The van der Waals surface area contributed by atoms with Crippen LogP contribution in [0.1, 0.15) is 50.3 Å². The SMILES string of the molecule is COCC1CSc2c(C3=CCC(F)(F)CC3)c(C(F)(F)F)cc3c(N4C[C@@H](C)N[C@@H](C)C4)nc(=O)n1c23. The number of hydrogen-bond donors (Lipinski definition) is 1. The molecule has 6 nitrogen and oxygen atoms in total. The second-order valence-electron chi connectivity index (χ2n) is 10.2. The molecule has 5 rings (SSSR count). The fraction of sp³-hybridized carbons (Fsp3) is 0.600. The van der Waals surface area contributed by atoms with E-state index in [0.717, 1.165) is 6.07 Å². The summed E-state index contributed by atoms with van der Waals surface area (Å²) in [5, 5.41) is 3.62. The molecule has 1 unspecified atom stereocenters. The summed E-state index contributed by atoms with van der Waals surface area (Å²) < 4.78 is 78.3. The number of benzene rings is 1. The van der Waals surface area contributed by atoms with Crippen LogP contribution in [0.3, 0.4) is 0 Å². The summed E-state index contributed by atoms with van der Waals surface area (Å²) >= 11 is 1.22. The summed E-state index contributed by atoms with van der Waals surface area (Å²) in [6.45, 7) is 5.08. The van der Waals surface area contributed by atoms with Crippen molar-refractivity contribution in [2.45, 2.75) is 68.2 Å². The van der Waals surface area contributed by atoms with Gasteiger partial charge in [0.1, 0.15) is 5.82 Å². The molecule has 3 atom stereocenters. The number of hydrogen-bond acceptors (Lipinski definition) is 6. The van der Waals surface area contributed by atoms with Crippen LogP contribution in [-0.4, -0.2) is 60.1 Å². The van der Waals surface area contributed by atoms with Gasteiger partial charge < -0.3 is 15.0 Å². The van der Waals surface area contributed by atoms with E-state index in [2.05, 4.69) is 10.3 Å². The molecule has 202 valence electrons. The molecular formula is C25H29F5N4O2S. The number of alkyl halides is 5. The van der Waals surface area contributed by atoms with Gasteiger partial charge in [-0.05, 0) is 31.9 Å². The molecule has 3 aliphatic rings. The Morgan fingerprint density at radius 2 is 1.95 bits per heavy atom. The molecule has 0 spiro atoms. The number of anilines is 1. The maximum absolute atomic E-state index is 14.6. The monoisotopic (exact) mass is 544 g/mol. The van der Waals surface area contributed by atoms with E-state index in [0.29, 0.717) is 29.3 Å². The van der Waals surface area contributed by atoms with Gasteiger partial charge in [-0.2, -0.15) is 18.2 Å². The zero-order valence-electron chi connectivity index (χ0n) is 20.8. The van der Waals surface area contributed by atoms with Crippen molar-refractivity contribution in [2.24, 2.45) is 0 Å². The molecule has 0 bridgehead atoms.